The maximum absolute atomic E-state index is 5.75. The van der Waals surface area contributed by atoms with E-state index in [0.717, 1.165) is 23.0 Å². The summed E-state index contributed by atoms with van der Waals surface area (Å²) in [6, 6.07) is 19.2. The lowest BCUT2D eigenvalue weighted by molar-refractivity contribution is 0.483. The zero-order chi connectivity index (χ0) is 15.2. The number of hydrogen-bond acceptors (Lipinski definition) is 4. The van der Waals surface area contributed by atoms with E-state index in [4.69, 9.17) is 4.74 Å². The third-order valence-electron chi connectivity index (χ3n) is 2.96. The summed E-state index contributed by atoms with van der Waals surface area (Å²) in [7, 11) is 0. The molecule has 3 aromatic rings. The first-order valence-electron chi connectivity index (χ1n) is 6.89. The van der Waals surface area contributed by atoms with Gasteiger partial charge in [-0.05, 0) is 48.5 Å². The van der Waals surface area contributed by atoms with Gasteiger partial charge in [0.15, 0.2) is 5.82 Å². The van der Waals surface area contributed by atoms with Crippen molar-refractivity contribution in [2.75, 3.05) is 5.32 Å². The van der Waals surface area contributed by atoms with E-state index < -0.39 is 0 Å². The Morgan fingerprint density at radius 1 is 0.909 bits per heavy atom. The second kappa shape index (κ2) is 6.54. The van der Waals surface area contributed by atoms with E-state index in [2.05, 4.69) is 21.9 Å². The van der Waals surface area contributed by atoms with Crippen LogP contribution in [0.15, 0.2) is 73.4 Å². The normalized spacial score (nSPS) is 10.0. The SMILES string of the molecule is C=Cc1nccc(Nc2ccc(Oc3ccccc3)cc2)n1. The molecule has 4 nitrogen and oxygen atoms in total. The summed E-state index contributed by atoms with van der Waals surface area (Å²) >= 11 is 0. The molecule has 0 saturated heterocycles. The molecule has 4 heteroatoms. The van der Waals surface area contributed by atoms with Crippen LogP contribution >= 0.6 is 0 Å². The first-order chi connectivity index (χ1) is 10.8. The fourth-order valence-corrected chi connectivity index (χ4v) is 1.92. The number of para-hydroxylation sites is 1. The summed E-state index contributed by atoms with van der Waals surface area (Å²) < 4.78 is 5.75. The maximum Gasteiger partial charge on any atom is 0.153 e. The van der Waals surface area contributed by atoms with Crippen LogP contribution in [0, 0.1) is 0 Å². The summed E-state index contributed by atoms with van der Waals surface area (Å²) in [6.07, 6.45) is 3.31. The molecule has 1 heterocycles. The monoisotopic (exact) mass is 289 g/mol. The lowest BCUT2D eigenvalue weighted by Gasteiger charge is -2.08. The van der Waals surface area contributed by atoms with Crippen LogP contribution in [0.4, 0.5) is 11.5 Å². The van der Waals surface area contributed by atoms with Crippen molar-refractivity contribution in [3.63, 3.8) is 0 Å². The third-order valence-corrected chi connectivity index (χ3v) is 2.96. The fraction of sp³-hybridized carbons (Fsp3) is 0. The molecule has 1 N–H and O–H groups in total. The molecule has 0 radical (unpaired) electrons. The van der Waals surface area contributed by atoms with Crippen molar-refractivity contribution in [1.82, 2.24) is 9.97 Å². The van der Waals surface area contributed by atoms with E-state index >= 15 is 0 Å². The zero-order valence-corrected chi connectivity index (χ0v) is 11.9. The van der Waals surface area contributed by atoms with E-state index in [1.807, 2.05) is 54.6 Å². The van der Waals surface area contributed by atoms with Crippen molar-refractivity contribution < 1.29 is 4.74 Å². The van der Waals surface area contributed by atoms with Crippen LogP contribution in [0.5, 0.6) is 11.5 Å². The molecule has 0 aliphatic heterocycles. The molecule has 1 aromatic heterocycles. The van der Waals surface area contributed by atoms with Gasteiger partial charge in [0, 0.05) is 11.9 Å². The molecule has 0 fully saturated rings. The topological polar surface area (TPSA) is 47.0 Å². The largest absolute Gasteiger partial charge is 0.457 e. The Bertz CT molecular complexity index is 755. The molecule has 0 bridgehead atoms. The first kappa shape index (κ1) is 13.8. The summed E-state index contributed by atoms with van der Waals surface area (Å²) in [5, 5.41) is 3.22. The molecule has 2 aromatic carbocycles. The Morgan fingerprint density at radius 3 is 2.36 bits per heavy atom. The summed E-state index contributed by atoms with van der Waals surface area (Å²) in [5.74, 6) is 2.91. The Hall–Kier alpha value is -3.14. The number of ether oxygens (including phenoxy) is 1. The molecular formula is C18H15N3O. The molecule has 0 atom stereocenters. The van der Waals surface area contributed by atoms with Crippen LogP contribution in [0.25, 0.3) is 6.08 Å². The maximum atomic E-state index is 5.75. The van der Waals surface area contributed by atoms with Gasteiger partial charge in [-0.25, -0.2) is 9.97 Å². The summed E-state index contributed by atoms with van der Waals surface area (Å²) in [4.78, 5) is 8.38. The minimum atomic E-state index is 0.592. The van der Waals surface area contributed by atoms with Crippen molar-refractivity contribution in [2.24, 2.45) is 0 Å². The van der Waals surface area contributed by atoms with Gasteiger partial charge in [-0.1, -0.05) is 24.8 Å². The van der Waals surface area contributed by atoms with E-state index in [9.17, 15) is 0 Å². The van der Waals surface area contributed by atoms with Gasteiger partial charge < -0.3 is 10.1 Å². The number of rotatable bonds is 5. The summed E-state index contributed by atoms with van der Waals surface area (Å²) in [6.45, 7) is 3.66. The van der Waals surface area contributed by atoms with Gasteiger partial charge in [0.1, 0.15) is 17.3 Å². The molecule has 0 amide bonds. The third kappa shape index (κ3) is 3.49. The average molecular weight is 289 g/mol. The molecule has 0 aliphatic rings. The van der Waals surface area contributed by atoms with Crippen LogP contribution in [-0.4, -0.2) is 9.97 Å². The van der Waals surface area contributed by atoms with E-state index in [1.54, 1.807) is 18.3 Å². The van der Waals surface area contributed by atoms with Gasteiger partial charge in [0.25, 0.3) is 0 Å². The smallest absolute Gasteiger partial charge is 0.153 e. The quantitative estimate of drug-likeness (QED) is 0.742. The van der Waals surface area contributed by atoms with Crippen molar-refractivity contribution in [3.05, 3.63) is 79.3 Å². The highest BCUT2D eigenvalue weighted by molar-refractivity contribution is 5.57. The second-order valence-electron chi connectivity index (χ2n) is 4.57. The molecule has 0 saturated carbocycles. The minimum Gasteiger partial charge on any atom is -0.457 e. The van der Waals surface area contributed by atoms with Crippen molar-refractivity contribution in [1.29, 1.82) is 0 Å². The van der Waals surface area contributed by atoms with E-state index in [0.29, 0.717) is 5.82 Å². The van der Waals surface area contributed by atoms with Crippen molar-refractivity contribution in [3.8, 4) is 11.5 Å². The van der Waals surface area contributed by atoms with Gasteiger partial charge in [-0.2, -0.15) is 0 Å². The number of nitrogens with zero attached hydrogens (tertiary/aromatic N) is 2. The summed E-state index contributed by atoms with van der Waals surface area (Å²) in [5.41, 5.74) is 0.925. The lowest BCUT2D eigenvalue weighted by Crippen LogP contribution is -1.96. The van der Waals surface area contributed by atoms with Gasteiger partial charge in [0.05, 0.1) is 0 Å². The number of benzene rings is 2. The van der Waals surface area contributed by atoms with Crippen molar-refractivity contribution in [2.45, 2.75) is 0 Å². The first-order valence-corrected chi connectivity index (χ1v) is 6.89. The van der Waals surface area contributed by atoms with Gasteiger partial charge in [-0.15, -0.1) is 0 Å². The zero-order valence-electron chi connectivity index (χ0n) is 11.9. The molecule has 3 rings (SSSR count). The highest BCUT2D eigenvalue weighted by Crippen LogP contribution is 2.23. The molecular weight excluding hydrogens is 274 g/mol. The van der Waals surface area contributed by atoms with E-state index in [-0.39, 0.29) is 0 Å². The Balaban J connectivity index is 1.70. The van der Waals surface area contributed by atoms with Crippen LogP contribution in [0.2, 0.25) is 0 Å². The van der Waals surface area contributed by atoms with Crippen LogP contribution in [-0.2, 0) is 0 Å². The lowest BCUT2D eigenvalue weighted by atomic mass is 10.3. The highest BCUT2D eigenvalue weighted by atomic mass is 16.5. The Kier molecular flexibility index (Phi) is 4.11. The van der Waals surface area contributed by atoms with Gasteiger partial charge in [0.2, 0.25) is 0 Å². The highest BCUT2D eigenvalue weighted by Gasteiger charge is 2.00. The standard InChI is InChI=1S/C18H15N3O/c1-2-17-19-13-12-18(21-17)20-14-8-10-16(11-9-14)22-15-6-4-3-5-7-15/h2-13H,1H2,(H,19,20,21). The molecule has 0 spiro atoms. The average Bonchev–Trinajstić information content (AvgIpc) is 2.58. The number of hydrogen-bond donors (Lipinski definition) is 1. The van der Waals surface area contributed by atoms with Crippen LogP contribution in [0.1, 0.15) is 5.82 Å². The van der Waals surface area contributed by atoms with Gasteiger partial charge >= 0.3 is 0 Å². The van der Waals surface area contributed by atoms with Gasteiger partial charge in [-0.3, -0.25) is 0 Å². The predicted octanol–water partition coefficient (Wildman–Crippen LogP) is 4.66. The number of aromatic nitrogens is 2. The molecule has 0 unspecified atom stereocenters. The minimum absolute atomic E-state index is 0.592. The fourth-order valence-electron chi connectivity index (χ4n) is 1.92. The molecule has 108 valence electrons. The van der Waals surface area contributed by atoms with Crippen LogP contribution < -0.4 is 10.1 Å². The predicted molar refractivity (Wildman–Crippen MR) is 88.4 cm³/mol. The van der Waals surface area contributed by atoms with E-state index in [1.165, 1.54) is 0 Å². The van der Waals surface area contributed by atoms with Crippen molar-refractivity contribution >= 4 is 17.6 Å². The van der Waals surface area contributed by atoms with Crippen LogP contribution in [0.3, 0.4) is 0 Å². The molecule has 0 aliphatic carbocycles. The number of anilines is 2. The Labute approximate surface area is 129 Å². The number of nitrogens with one attached hydrogen (secondary N) is 1. The second-order valence-corrected chi connectivity index (χ2v) is 4.57. The Morgan fingerprint density at radius 2 is 1.64 bits per heavy atom. The molecule has 22 heavy (non-hydrogen) atoms.